The van der Waals surface area contributed by atoms with Crippen LogP contribution in [0.2, 0.25) is 5.02 Å². The number of carbonyl (C=O) groups is 2. The number of rotatable bonds is 7. The lowest BCUT2D eigenvalue weighted by Gasteiger charge is -2.16. The number of hydrogen-bond acceptors (Lipinski definition) is 3. The molecule has 1 aromatic rings. The molecule has 0 saturated carbocycles. The summed E-state index contributed by atoms with van der Waals surface area (Å²) in [5.74, 6) is 1.04. The van der Waals surface area contributed by atoms with Crippen LogP contribution in [-0.4, -0.2) is 35.0 Å². The van der Waals surface area contributed by atoms with Gasteiger partial charge in [0.05, 0.1) is 12.1 Å². The Morgan fingerprint density at radius 3 is 2.96 bits per heavy atom. The largest absolute Gasteiger partial charge is 0.352 e. The first kappa shape index (κ1) is 17.4. The molecule has 1 aromatic carbocycles. The molecule has 0 aliphatic carbocycles. The highest BCUT2D eigenvalue weighted by Crippen LogP contribution is 2.33. The molecule has 5 nitrogen and oxygen atoms in total. The summed E-state index contributed by atoms with van der Waals surface area (Å²) in [7, 11) is 0. The van der Waals surface area contributed by atoms with Crippen LogP contribution in [0.15, 0.2) is 24.3 Å². The molecule has 3 N–H and O–H groups in total. The molecule has 0 aromatic heterocycles. The van der Waals surface area contributed by atoms with Crippen molar-refractivity contribution in [2.24, 2.45) is 0 Å². The van der Waals surface area contributed by atoms with Gasteiger partial charge in [-0.05, 0) is 24.5 Å². The Morgan fingerprint density at radius 1 is 1.29 bits per heavy atom. The van der Waals surface area contributed by atoms with E-state index in [1.807, 2.05) is 36.0 Å². The minimum absolute atomic E-state index is 0.0470. The average Bonchev–Trinajstić information content (AvgIpc) is 3.10. The van der Waals surface area contributed by atoms with Crippen LogP contribution >= 0.6 is 23.4 Å². The maximum Gasteiger partial charge on any atom is 0.315 e. The molecule has 3 amide bonds. The van der Waals surface area contributed by atoms with Gasteiger partial charge in [0.25, 0.3) is 0 Å². The molecule has 7 heteroatoms. The second-order valence-corrected chi connectivity index (χ2v) is 7.92. The predicted octanol–water partition coefficient (Wildman–Crippen LogP) is 2.68. The van der Waals surface area contributed by atoms with Crippen LogP contribution in [0.1, 0.15) is 31.2 Å². The summed E-state index contributed by atoms with van der Waals surface area (Å²) in [6, 6.07) is 8.00. The van der Waals surface area contributed by atoms with Gasteiger partial charge in [0, 0.05) is 29.0 Å². The first-order chi connectivity index (χ1) is 11.6. The summed E-state index contributed by atoms with van der Waals surface area (Å²) < 4.78 is 0. The molecule has 2 aliphatic heterocycles. The zero-order valence-electron chi connectivity index (χ0n) is 13.4. The average molecular weight is 368 g/mol. The van der Waals surface area contributed by atoms with Gasteiger partial charge >= 0.3 is 6.03 Å². The molecule has 2 heterocycles. The van der Waals surface area contributed by atoms with Crippen LogP contribution in [-0.2, 0) is 11.3 Å². The van der Waals surface area contributed by atoms with Crippen LogP contribution in [0.5, 0.6) is 0 Å². The number of halogens is 1. The molecule has 0 bridgehead atoms. The molecule has 0 unspecified atom stereocenters. The van der Waals surface area contributed by atoms with Gasteiger partial charge in [0.2, 0.25) is 5.91 Å². The molecule has 2 aliphatic rings. The molecule has 0 radical (unpaired) electrons. The number of thioether (sulfide) groups is 1. The van der Waals surface area contributed by atoms with Gasteiger partial charge in [-0.15, -0.1) is 0 Å². The Labute approximate surface area is 151 Å². The third kappa shape index (κ3) is 4.36. The Morgan fingerprint density at radius 2 is 2.12 bits per heavy atom. The monoisotopic (exact) mass is 367 g/mol. The van der Waals surface area contributed by atoms with Crippen LogP contribution in [0.25, 0.3) is 0 Å². The van der Waals surface area contributed by atoms with Gasteiger partial charge in [-0.2, -0.15) is 11.8 Å². The third-order valence-corrected chi connectivity index (χ3v) is 6.39. The highest BCUT2D eigenvalue weighted by atomic mass is 35.5. The second kappa shape index (κ2) is 8.12. The standard InChI is InChI=1S/C17H22ClN3O2S/c18-12-6-2-1-5-11(12)9-19-15(22)8-4-3-7-14-16-13(10-24-14)20-17(23)21-16/h1-2,5-6,13-14,16H,3-4,7-10H2,(H,19,22)(H2,20,21,23)/t13-,14-,16-/m1/s1. The first-order valence-electron chi connectivity index (χ1n) is 8.32. The van der Waals surface area contributed by atoms with Gasteiger partial charge in [-0.3, -0.25) is 4.79 Å². The smallest absolute Gasteiger partial charge is 0.315 e. The van der Waals surface area contributed by atoms with Crippen molar-refractivity contribution in [3.8, 4) is 0 Å². The summed E-state index contributed by atoms with van der Waals surface area (Å²) in [4.78, 5) is 23.3. The molecular weight excluding hydrogens is 346 g/mol. The molecule has 2 fully saturated rings. The highest BCUT2D eigenvalue weighted by molar-refractivity contribution is 8.00. The maximum atomic E-state index is 11.9. The van der Waals surface area contributed by atoms with E-state index in [9.17, 15) is 9.59 Å². The van der Waals surface area contributed by atoms with E-state index >= 15 is 0 Å². The first-order valence-corrected chi connectivity index (χ1v) is 9.75. The fourth-order valence-electron chi connectivity index (χ4n) is 3.20. The minimum atomic E-state index is -0.0470. The quantitative estimate of drug-likeness (QED) is 0.512. The van der Waals surface area contributed by atoms with Crippen molar-refractivity contribution in [1.29, 1.82) is 0 Å². The SMILES string of the molecule is O=C(CCCC[C@H]1SC[C@H]2NC(=O)N[C@H]21)NCc1ccccc1Cl. The minimum Gasteiger partial charge on any atom is -0.352 e. The number of benzene rings is 1. The summed E-state index contributed by atoms with van der Waals surface area (Å²) in [6.45, 7) is 0.471. The van der Waals surface area contributed by atoms with Crippen molar-refractivity contribution in [2.75, 3.05) is 5.75 Å². The van der Waals surface area contributed by atoms with E-state index in [-0.39, 0.29) is 24.0 Å². The van der Waals surface area contributed by atoms with E-state index in [1.165, 1.54) is 0 Å². The number of fused-ring (bicyclic) bond motifs is 1. The van der Waals surface area contributed by atoms with Crippen molar-refractivity contribution in [2.45, 2.75) is 49.6 Å². The molecule has 2 saturated heterocycles. The molecule has 3 rings (SSSR count). The zero-order valence-corrected chi connectivity index (χ0v) is 15.0. The van der Waals surface area contributed by atoms with Gasteiger partial charge in [0.15, 0.2) is 0 Å². The van der Waals surface area contributed by atoms with Crippen molar-refractivity contribution >= 4 is 35.3 Å². The molecule has 130 valence electrons. The summed E-state index contributed by atoms with van der Waals surface area (Å²) in [6.07, 6.45) is 3.42. The van der Waals surface area contributed by atoms with Crippen LogP contribution in [0.3, 0.4) is 0 Å². The van der Waals surface area contributed by atoms with E-state index < -0.39 is 0 Å². The van der Waals surface area contributed by atoms with Crippen LogP contribution < -0.4 is 16.0 Å². The van der Waals surface area contributed by atoms with E-state index in [4.69, 9.17) is 11.6 Å². The van der Waals surface area contributed by atoms with Crippen molar-refractivity contribution in [3.05, 3.63) is 34.9 Å². The topological polar surface area (TPSA) is 70.2 Å². The zero-order chi connectivity index (χ0) is 16.9. The lowest BCUT2D eigenvalue weighted by atomic mass is 10.0. The van der Waals surface area contributed by atoms with Gasteiger partial charge in [-0.25, -0.2) is 4.79 Å². The number of hydrogen-bond donors (Lipinski definition) is 3. The van der Waals surface area contributed by atoms with Gasteiger partial charge in [0.1, 0.15) is 0 Å². The van der Waals surface area contributed by atoms with E-state index in [0.29, 0.717) is 23.2 Å². The number of carbonyl (C=O) groups excluding carboxylic acids is 2. The number of unbranched alkanes of at least 4 members (excludes halogenated alkanes) is 1. The van der Waals surface area contributed by atoms with Crippen LogP contribution in [0.4, 0.5) is 4.79 Å². The second-order valence-electron chi connectivity index (χ2n) is 6.24. The van der Waals surface area contributed by atoms with E-state index in [0.717, 1.165) is 30.6 Å². The van der Waals surface area contributed by atoms with Crippen molar-refractivity contribution in [3.63, 3.8) is 0 Å². The van der Waals surface area contributed by atoms with Crippen molar-refractivity contribution < 1.29 is 9.59 Å². The third-order valence-electron chi connectivity index (χ3n) is 4.51. The number of urea groups is 1. The predicted molar refractivity (Wildman–Crippen MR) is 97.3 cm³/mol. The van der Waals surface area contributed by atoms with Gasteiger partial charge in [-0.1, -0.05) is 36.2 Å². The Balaban J connectivity index is 1.31. The van der Waals surface area contributed by atoms with Gasteiger partial charge < -0.3 is 16.0 Å². The van der Waals surface area contributed by atoms with E-state index in [1.54, 1.807) is 0 Å². The molecular formula is C17H22ClN3O2S. The van der Waals surface area contributed by atoms with Crippen molar-refractivity contribution in [1.82, 2.24) is 16.0 Å². The lowest BCUT2D eigenvalue weighted by Crippen LogP contribution is -2.36. The summed E-state index contributed by atoms with van der Waals surface area (Å²) >= 11 is 7.99. The fraction of sp³-hybridized carbons (Fsp3) is 0.529. The highest BCUT2D eigenvalue weighted by Gasteiger charge is 2.42. The van der Waals surface area contributed by atoms with Crippen LogP contribution in [0, 0.1) is 0 Å². The summed E-state index contributed by atoms with van der Waals surface area (Å²) in [5.41, 5.74) is 0.936. The summed E-state index contributed by atoms with van der Waals surface area (Å²) in [5, 5.41) is 9.99. The normalized spacial score (nSPS) is 25.0. The maximum absolute atomic E-state index is 11.9. The van der Waals surface area contributed by atoms with E-state index in [2.05, 4.69) is 16.0 Å². The number of nitrogens with one attached hydrogen (secondary N) is 3. The Kier molecular flexibility index (Phi) is 5.89. The lowest BCUT2D eigenvalue weighted by molar-refractivity contribution is -0.121. The fourth-order valence-corrected chi connectivity index (χ4v) is 4.94. The molecule has 24 heavy (non-hydrogen) atoms. The number of amides is 3. The molecule has 3 atom stereocenters. The molecule has 0 spiro atoms. The Bertz CT molecular complexity index is 613. The Hall–Kier alpha value is -1.40.